The number of aliphatic carboxylic acids is 1. The van der Waals surface area contributed by atoms with Crippen molar-refractivity contribution in [3.8, 4) is 17.0 Å². The van der Waals surface area contributed by atoms with E-state index < -0.39 is 29.2 Å². The first-order valence-corrected chi connectivity index (χ1v) is 18.5. The summed E-state index contributed by atoms with van der Waals surface area (Å²) < 4.78 is 53.0. The molecule has 6 rings (SSSR count). The molecule has 12 heteroatoms. The maximum atomic E-state index is 13.5. The molecule has 0 fully saturated rings. The number of methoxy groups -OCH3 is 1. The summed E-state index contributed by atoms with van der Waals surface area (Å²) in [6, 6.07) is 23.2. The molecule has 0 aliphatic carbocycles. The fourth-order valence-corrected chi connectivity index (χ4v) is 7.83. The summed E-state index contributed by atoms with van der Waals surface area (Å²) in [5.74, 6) is -0.614. The minimum atomic E-state index is -4.47. The van der Waals surface area contributed by atoms with Gasteiger partial charge in [0.1, 0.15) is 12.4 Å². The number of ether oxygens (including phenoxy) is 2. The zero-order valence-electron chi connectivity index (χ0n) is 31.1. The van der Waals surface area contributed by atoms with Crippen LogP contribution in [0.2, 0.25) is 0 Å². The molecule has 284 valence electrons. The Morgan fingerprint density at radius 1 is 1.00 bits per heavy atom. The monoisotopic (exact) mass is 759 g/mol. The van der Waals surface area contributed by atoms with Crippen molar-refractivity contribution < 1.29 is 37.3 Å². The summed E-state index contributed by atoms with van der Waals surface area (Å²) in [5.41, 5.74) is 3.86. The van der Waals surface area contributed by atoms with Crippen LogP contribution >= 0.6 is 11.8 Å². The van der Waals surface area contributed by atoms with Gasteiger partial charge in [-0.2, -0.15) is 13.2 Å². The molecule has 0 amide bonds. The van der Waals surface area contributed by atoms with Gasteiger partial charge < -0.3 is 24.5 Å². The van der Waals surface area contributed by atoms with E-state index in [1.54, 1.807) is 25.6 Å². The zero-order valence-corrected chi connectivity index (χ0v) is 31.9. The molecule has 0 saturated carbocycles. The van der Waals surface area contributed by atoms with Crippen molar-refractivity contribution in [3.63, 3.8) is 0 Å². The third-order valence-electron chi connectivity index (χ3n) is 9.40. The highest BCUT2D eigenvalue weighted by Crippen LogP contribution is 2.44. The molecule has 2 atom stereocenters. The van der Waals surface area contributed by atoms with Crippen LogP contribution in [0.15, 0.2) is 90.0 Å². The summed E-state index contributed by atoms with van der Waals surface area (Å²) in [6.45, 7) is 10.0. The van der Waals surface area contributed by atoms with Crippen LogP contribution in [0.1, 0.15) is 57.0 Å². The lowest BCUT2D eigenvalue weighted by Gasteiger charge is -2.24. The van der Waals surface area contributed by atoms with Crippen molar-refractivity contribution in [2.75, 3.05) is 19.0 Å². The van der Waals surface area contributed by atoms with Crippen LogP contribution in [-0.2, 0) is 39.9 Å². The van der Waals surface area contributed by atoms with Crippen LogP contribution in [-0.4, -0.2) is 57.0 Å². The van der Waals surface area contributed by atoms with Crippen molar-refractivity contribution in [1.82, 2.24) is 9.55 Å². The highest BCUT2D eigenvalue weighted by atomic mass is 32.2. The minimum absolute atomic E-state index is 0.106. The Balaban J connectivity index is 1.40. The first kappa shape index (κ1) is 38.9. The van der Waals surface area contributed by atoms with Gasteiger partial charge in [0.25, 0.3) is 0 Å². The van der Waals surface area contributed by atoms with Crippen LogP contribution in [0.5, 0.6) is 5.75 Å². The Labute approximate surface area is 317 Å². The number of hydrogen-bond acceptors (Lipinski definition) is 7. The third kappa shape index (κ3) is 8.60. The van der Waals surface area contributed by atoms with E-state index in [4.69, 9.17) is 9.47 Å². The van der Waals surface area contributed by atoms with E-state index in [2.05, 4.69) is 35.6 Å². The Morgan fingerprint density at radius 3 is 2.33 bits per heavy atom. The summed E-state index contributed by atoms with van der Waals surface area (Å²) in [5, 5.41) is 14.6. The molecule has 2 aromatic heterocycles. The Morgan fingerprint density at radius 2 is 1.72 bits per heavy atom. The SMILES string of the molecule is COCC(=O)[C@@H](Oc1ccc2c(c1)c(SC(C)(C)C)c(CC(C)(C)C(=O)O)n2Cc1ccc(-c2ccc(C(F)(F)F)cn2)cc1)C1Cc2ccccc2N1. The fraction of sp³-hybridized carbons (Fsp3) is 0.357. The molecule has 3 aromatic carbocycles. The predicted molar refractivity (Wildman–Crippen MR) is 205 cm³/mol. The number of carboxylic acids is 1. The molecule has 1 aliphatic heterocycles. The van der Waals surface area contributed by atoms with Gasteiger partial charge in [-0.05, 0) is 67.8 Å². The van der Waals surface area contributed by atoms with E-state index in [0.717, 1.165) is 50.6 Å². The van der Waals surface area contributed by atoms with Crippen molar-refractivity contribution in [3.05, 3.63) is 107 Å². The Kier molecular flexibility index (Phi) is 10.9. The highest BCUT2D eigenvalue weighted by Gasteiger charge is 2.36. The molecule has 5 aromatic rings. The van der Waals surface area contributed by atoms with E-state index in [1.807, 2.05) is 66.7 Å². The van der Waals surface area contributed by atoms with Crippen LogP contribution in [0, 0.1) is 5.41 Å². The number of rotatable bonds is 13. The molecular formula is C42H44F3N3O5S. The van der Waals surface area contributed by atoms with Crippen LogP contribution in [0.25, 0.3) is 22.2 Å². The molecule has 0 spiro atoms. The number of para-hydroxylation sites is 1. The number of nitrogens with zero attached hydrogens (tertiary/aromatic N) is 2. The van der Waals surface area contributed by atoms with Crippen LogP contribution in [0.4, 0.5) is 18.9 Å². The van der Waals surface area contributed by atoms with Crippen LogP contribution in [0.3, 0.4) is 0 Å². The number of ketones is 1. The van der Waals surface area contributed by atoms with E-state index in [1.165, 1.54) is 13.2 Å². The molecule has 3 heterocycles. The largest absolute Gasteiger partial charge is 0.481 e. The van der Waals surface area contributed by atoms with Gasteiger partial charge in [-0.15, -0.1) is 11.8 Å². The van der Waals surface area contributed by atoms with Gasteiger partial charge in [0.2, 0.25) is 5.78 Å². The number of fused-ring (bicyclic) bond motifs is 2. The summed E-state index contributed by atoms with van der Waals surface area (Å²) in [7, 11) is 1.48. The topological polar surface area (TPSA) is 103 Å². The average Bonchev–Trinajstić information content (AvgIpc) is 3.65. The first-order valence-electron chi connectivity index (χ1n) is 17.7. The molecule has 2 N–H and O–H groups in total. The summed E-state index contributed by atoms with van der Waals surface area (Å²) in [4.78, 5) is 30.9. The molecule has 1 aliphatic rings. The maximum Gasteiger partial charge on any atom is 0.417 e. The molecule has 1 unspecified atom stereocenters. The number of aromatic nitrogens is 2. The minimum Gasteiger partial charge on any atom is -0.481 e. The Hall–Kier alpha value is -4.81. The summed E-state index contributed by atoms with van der Waals surface area (Å²) in [6.07, 6.45) is -3.63. The Bertz CT molecular complexity index is 2130. The van der Waals surface area contributed by atoms with Gasteiger partial charge in [-0.3, -0.25) is 14.6 Å². The second-order valence-electron chi connectivity index (χ2n) is 15.3. The lowest BCUT2D eigenvalue weighted by molar-refractivity contribution is -0.147. The molecule has 54 heavy (non-hydrogen) atoms. The molecule has 0 radical (unpaired) electrons. The number of thioether (sulfide) groups is 1. The fourth-order valence-electron chi connectivity index (χ4n) is 6.65. The van der Waals surface area contributed by atoms with E-state index in [9.17, 15) is 27.9 Å². The van der Waals surface area contributed by atoms with Crippen molar-refractivity contribution >= 4 is 40.1 Å². The number of carboxylic acid groups (broad SMARTS) is 1. The average molecular weight is 760 g/mol. The second kappa shape index (κ2) is 15.1. The van der Waals surface area contributed by atoms with E-state index >= 15 is 0 Å². The zero-order chi connectivity index (χ0) is 39.0. The number of hydrogen-bond donors (Lipinski definition) is 2. The number of Topliss-reactive ketones (excluding diaryl/α,β-unsaturated/α-hetero) is 1. The standard InChI is InChI=1S/C42H44F3N3O5S/c1-40(2,3)54-38-30-20-29(53-37(36(49)24-52-6)33-19-27-9-7-8-10-32(27)47-33)16-18-34(30)48(35(38)21-41(4,5)39(50)51)23-25-11-13-26(14-12-25)31-17-15-28(22-46-31)42(43,44)45/h7-18,20,22,33,37,47H,19,21,23-24H2,1-6H3,(H,50,51)/t33?,37-/m0/s1. The quantitative estimate of drug-likeness (QED) is 0.115. The second-order valence-corrected chi connectivity index (χ2v) is 17.1. The van der Waals surface area contributed by atoms with Gasteiger partial charge in [0.15, 0.2) is 6.10 Å². The highest BCUT2D eigenvalue weighted by molar-refractivity contribution is 8.00. The maximum absolute atomic E-state index is 13.5. The molecule has 8 nitrogen and oxygen atoms in total. The van der Waals surface area contributed by atoms with Gasteiger partial charge in [0.05, 0.1) is 22.7 Å². The normalized spacial score (nSPS) is 15.2. The number of halogens is 3. The van der Waals surface area contributed by atoms with Crippen molar-refractivity contribution in [2.45, 2.75) is 82.0 Å². The molecule has 0 saturated heterocycles. The number of pyridine rings is 1. The van der Waals surface area contributed by atoms with E-state index in [0.29, 0.717) is 30.0 Å². The number of carbonyl (C=O) groups is 2. The number of carbonyl (C=O) groups excluding carboxylic acids is 1. The first-order chi connectivity index (χ1) is 25.4. The van der Waals surface area contributed by atoms with Gasteiger partial charge >= 0.3 is 12.1 Å². The van der Waals surface area contributed by atoms with Crippen molar-refractivity contribution in [1.29, 1.82) is 0 Å². The number of alkyl halides is 3. The number of benzene rings is 3. The van der Waals surface area contributed by atoms with Gasteiger partial charge in [-0.1, -0.05) is 63.2 Å². The third-order valence-corrected chi connectivity index (χ3v) is 10.7. The smallest absolute Gasteiger partial charge is 0.417 e. The van der Waals surface area contributed by atoms with Gasteiger partial charge in [0, 0.05) is 63.8 Å². The van der Waals surface area contributed by atoms with Crippen LogP contribution < -0.4 is 10.1 Å². The molecular weight excluding hydrogens is 716 g/mol. The van der Waals surface area contributed by atoms with Crippen molar-refractivity contribution in [2.24, 2.45) is 5.41 Å². The predicted octanol–water partition coefficient (Wildman–Crippen LogP) is 9.31. The summed E-state index contributed by atoms with van der Waals surface area (Å²) >= 11 is 1.65. The number of anilines is 1. The van der Waals surface area contributed by atoms with E-state index in [-0.39, 0.29) is 29.6 Å². The number of nitrogens with one attached hydrogen (secondary N) is 1. The van der Waals surface area contributed by atoms with Gasteiger partial charge in [-0.25, -0.2) is 0 Å². The lowest BCUT2D eigenvalue weighted by atomic mass is 9.88. The lowest BCUT2D eigenvalue weighted by Crippen LogP contribution is -2.44. The molecule has 0 bridgehead atoms.